The highest BCUT2D eigenvalue weighted by atomic mass is 16.5. The summed E-state index contributed by atoms with van der Waals surface area (Å²) >= 11 is 0. The maximum absolute atomic E-state index is 11.8. The summed E-state index contributed by atoms with van der Waals surface area (Å²) in [4.78, 5) is 11.8. The van der Waals surface area contributed by atoms with Gasteiger partial charge in [-0.25, -0.2) is 0 Å². The summed E-state index contributed by atoms with van der Waals surface area (Å²) in [5, 5.41) is 11.8. The van der Waals surface area contributed by atoms with Crippen molar-refractivity contribution in [1.82, 2.24) is 5.32 Å². The van der Waals surface area contributed by atoms with Crippen LogP contribution in [0.25, 0.3) is 0 Å². The van der Waals surface area contributed by atoms with Crippen LogP contribution in [0.1, 0.15) is 46.6 Å². The van der Waals surface area contributed by atoms with Gasteiger partial charge >= 0.3 is 0 Å². The van der Waals surface area contributed by atoms with Gasteiger partial charge < -0.3 is 15.2 Å². The van der Waals surface area contributed by atoms with Crippen LogP contribution in [-0.4, -0.2) is 30.8 Å². The van der Waals surface area contributed by atoms with E-state index in [0.717, 1.165) is 0 Å². The molecule has 0 fully saturated rings. The first-order valence-electron chi connectivity index (χ1n) is 7.75. The van der Waals surface area contributed by atoms with Crippen LogP contribution < -0.4 is 10.1 Å². The van der Waals surface area contributed by atoms with Gasteiger partial charge in [0.2, 0.25) is 0 Å². The van der Waals surface area contributed by atoms with Crippen LogP contribution in [0.4, 0.5) is 0 Å². The van der Waals surface area contributed by atoms with Crippen LogP contribution in [0.15, 0.2) is 24.3 Å². The van der Waals surface area contributed by atoms with Crippen LogP contribution in [0.2, 0.25) is 0 Å². The van der Waals surface area contributed by atoms with Gasteiger partial charge in [-0.2, -0.15) is 0 Å². The molecule has 0 heterocycles. The Morgan fingerprint density at radius 2 is 1.73 bits per heavy atom. The number of aliphatic hydroxyl groups excluding tert-OH is 1. The Morgan fingerprint density at radius 1 is 1.14 bits per heavy atom. The lowest BCUT2D eigenvalue weighted by Crippen LogP contribution is -2.37. The predicted molar refractivity (Wildman–Crippen MR) is 89.1 cm³/mol. The van der Waals surface area contributed by atoms with E-state index in [0.29, 0.717) is 18.7 Å². The molecular weight excluding hydrogens is 278 g/mol. The van der Waals surface area contributed by atoms with Crippen LogP contribution >= 0.6 is 0 Å². The average Bonchev–Trinajstić information content (AvgIpc) is 2.42. The van der Waals surface area contributed by atoms with E-state index < -0.39 is 0 Å². The van der Waals surface area contributed by atoms with Gasteiger partial charge in [-0.3, -0.25) is 4.79 Å². The quantitative estimate of drug-likeness (QED) is 0.814. The molecule has 0 bridgehead atoms. The zero-order chi connectivity index (χ0) is 16.8. The number of aliphatic hydroxyl groups is 1. The second-order valence-electron chi connectivity index (χ2n) is 7.48. The molecule has 0 radical (unpaired) electrons. The molecule has 1 aromatic rings. The van der Waals surface area contributed by atoms with E-state index in [1.165, 1.54) is 5.56 Å². The Kier molecular flexibility index (Phi) is 6.42. The van der Waals surface area contributed by atoms with E-state index in [4.69, 9.17) is 9.84 Å². The first kappa shape index (κ1) is 18.5. The molecule has 0 aliphatic carbocycles. The number of rotatable bonds is 7. The summed E-state index contributed by atoms with van der Waals surface area (Å²) in [6, 6.07) is 7.84. The predicted octanol–water partition coefficient (Wildman–Crippen LogP) is 2.89. The Bertz CT molecular complexity index is 472. The molecule has 1 amide bonds. The van der Waals surface area contributed by atoms with E-state index in [9.17, 15) is 4.79 Å². The molecule has 0 atom stereocenters. The maximum atomic E-state index is 11.8. The highest BCUT2D eigenvalue weighted by Crippen LogP contribution is 2.24. The Morgan fingerprint density at radius 3 is 2.23 bits per heavy atom. The standard InChI is InChI=1S/C18H29NO3/c1-17(2,3)14-6-8-15(9-7-14)22-12-16(21)19-13-18(4,5)10-11-20/h6-9,20H,10-13H2,1-5H3,(H,19,21). The molecule has 0 saturated heterocycles. The molecule has 1 rings (SSSR count). The van der Waals surface area contributed by atoms with E-state index in [2.05, 4.69) is 26.1 Å². The van der Waals surface area contributed by atoms with Crippen molar-refractivity contribution in [3.8, 4) is 5.75 Å². The largest absolute Gasteiger partial charge is 0.484 e. The Labute approximate surface area is 133 Å². The molecule has 22 heavy (non-hydrogen) atoms. The molecule has 0 spiro atoms. The van der Waals surface area contributed by atoms with Gasteiger partial charge in [-0.1, -0.05) is 46.8 Å². The van der Waals surface area contributed by atoms with Crippen molar-refractivity contribution in [2.75, 3.05) is 19.8 Å². The fourth-order valence-corrected chi connectivity index (χ4v) is 1.98. The van der Waals surface area contributed by atoms with E-state index in [1.54, 1.807) is 0 Å². The second-order valence-corrected chi connectivity index (χ2v) is 7.48. The van der Waals surface area contributed by atoms with Crippen molar-refractivity contribution in [2.24, 2.45) is 5.41 Å². The van der Waals surface area contributed by atoms with Gasteiger partial charge in [-0.05, 0) is 34.9 Å². The lowest BCUT2D eigenvalue weighted by molar-refractivity contribution is -0.123. The minimum Gasteiger partial charge on any atom is -0.484 e. The number of carbonyl (C=O) groups is 1. The molecule has 1 aromatic carbocycles. The van der Waals surface area contributed by atoms with Crippen LogP contribution in [0.5, 0.6) is 5.75 Å². The molecule has 124 valence electrons. The summed E-state index contributed by atoms with van der Waals surface area (Å²) in [7, 11) is 0. The number of hydrogen-bond acceptors (Lipinski definition) is 3. The molecule has 0 unspecified atom stereocenters. The first-order valence-corrected chi connectivity index (χ1v) is 7.75. The van der Waals surface area contributed by atoms with Crippen molar-refractivity contribution in [2.45, 2.75) is 46.5 Å². The minimum absolute atomic E-state index is 0.00404. The molecule has 0 aromatic heterocycles. The summed E-state index contributed by atoms with van der Waals surface area (Å²) in [5.74, 6) is 0.545. The molecule has 0 saturated carbocycles. The van der Waals surface area contributed by atoms with Crippen LogP contribution in [0, 0.1) is 5.41 Å². The number of ether oxygens (including phenoxy) is 1. The summed E-state index contributed by atoms with van der Waals surface area (Å²) in [6.45, 7) is 11.1. The van der Waals surface area contributed by atoms with Crippen molar-refractivity contribution in [1.29, 1.82) is 0 Å². The third kappa shape index (κ3) is 6.48. The summed E-state index contributed by atoms with van der Waals surface area (Å²) < 4.78 is 5.50. The van der Waals surface area contributed by atoms with Gasteiger partial charge in [0.05, 0.1) is 0 Å². The summed E-state index contributed by atoms with van der Waals surface area (Å²) in [6.07, 6.45) is 0.655. The zero-order valence-corrected chi connectivity index (χ0v) is 14.4. The van der Waals surface area contributed by atoms with Crippen molar-refractivity contribution in [3.05, 3.63) is 29.8 Å². The lowest BCUT2D eigenvalue weighted by atomic mass is 9.87. The number of benzene rings is 1. The number of hydrogen-bond donors (Lipinski definition) is 2. The fraction of sp³-hybridized carbons (Fsp3) is 0.611. The third-order valence-electron chi connectivity index (χ3n) is 3.64. The van der Waals surface area contributed by atoms with Crippen molar-refractivity contribution < 1.29 is 14.6 Å². The fourth-order valence-electron chi connectivity index (χ4n) is 1.98. The molecule has 4 nitrogen and oxygen atoms in total. The normalized spacial score (nSPS) is 12.1. The van der Waals surface area contributed by atoms with Crippen molar-refractivity contribution in [3.63, 3.8) is 0 Å². The van der Waals surface area contributed by atoms with Gasteiger partial charge in [0, 0.05) is 13.2 Å². The smallest absolute Gasteiger partial charge is 0.257 e. The molecule has 4 heteroatoms. The third-order valence-corrected chi connectivity index (χ3v) is 3.64. The molecule has 0 aliphatic heterocycles. The molecular formula is C18H29NO3. The monoisotopic (exact) mass is 307 g/mol. The number of nitrogens with one attached hydrogen (secondary N) is 1. The second kappa shape index (κ2) is 7.63. The SMILES string of the molecule is CC(C)(CCO)CNC(=O)COc1ccc(C(C)(C)C)cc1. The van der Waals surface area contributed by atoms with Gasteiger partial charge in [0.1, 0.15) is 5.75 Å². The van der Waals surface area contributed by atoms with E-state index in [1.807, 2.05) is 38.1 Å². The minimum atomic E-state index is -0.147. The highest BCUT2D eigenvalue weighted by Gasteiger charge is 2.18. The lowest BCUT2D eigenvalue weighted by Gasteiger charge is -2.23. The number of carbonyl (C=O) groups excluding carboxylic acids is 1. The summed E-state index contributed by atoms with van der Waals surface area (Å²) in [5.41, 5.74) is 1.22. The number of amides is 1. The van der Waals surface area contributed by atoms with Gasteiger partial charge in [0.25, 0.3) is 5.91 Å². The van der Waals surface area contributed by atoms with E-state index >= 15 is 0 Å². The average molecular weight is 307 g/mol. The zero-order valence-electron chi connectivity index (χ0n) is 14.4. The van der Waals surface area contributed by atoms with Crippen LogP contribution in [-0.2, 0) is 10.2 Å². The first-order chi connectivity index (χ1) is 10.1. The Balaban J connectivity index is 2.41. The van der Waals surface area contributed by atoms with Gasteiger partial charge in [-0.15, -0.1) is 0 Å². The Hall–Kier alpha value is -1.55. The topological polar surface area (TPSA) is 58.6 Å². The van der Waals surface area contributed by atoms with Gasteiger partial charge in [0.15, 0.2) is 6.61 Å². The van der Waals surface area contributed by atoms with Crippen LogP contribution in [0.3, 0.4) is 0 Å². The van der Waals surface area contributed by atoms with E-state index in [-0.39, 0.29) is 30.0 Å². The maximum Gasteiger partial charge on any atom is 0.257 e. The molecule has 0 aliphatic rings. The molecule has 2 N–H and O–H groups in total. The highest BCUT2D eigenvalue weighted by molar-refractivity contribution is 5.77. The van der Waals surface area contributed by atoms with Crippen molar-refractivity contribution >= 4 is 5.91 Å².